The Hall–Kier alpha value is -2.77. The van der Waals surface area contributed by atoms with Gasteiger partial charge >= 0.3 is 0 Å². The van der Waals surface area contributed by atoms with Crippen LogP contribution in [-0.4, -0.2) is 64.7 Å². The van der Waals surface area contributed by atoms with Crippen molar-refractivity contribution in [1.82, 2.24) is 25.2 Å². The van der Waals surface area contributed by atoms with Gasteiger partial charge in [0, 0.05) is 31.2 Å². The largest absolute Gasteiger partial charge is 0.379 e. The molecule has 0 aliphatic carbocycles. The maximum absolute atomic E-state index is 12.7. The van der Waals surface area contributed by atoms with E-state index in [0.717, 1.165) is 42.9 Å². The number of rotatable bonds is 7. The highest BCUT2D eigenvalue weighted by Crippen LogP contribution is 2.14. The molecule has 1 saturated heterocycles. The van der Waals surface area contributed by atoms with Crippen LogP contribution in [0.5, 0.6) is 0 Å². The summed E-state index contributed by atoms with van der Waals surface area (Å²) < 4.78 is 7.33. The average molecular weight is 408 g/mol. The highest BCUT2D eigenvalue weighted by atomic mass is 16.5. The Kier molecular flexibility index (Phi) is 6.40. The van der Waals surface area contributed by atoms with Crippen molar-refractivity contribution < 1.29 is 9.53 Å². The van der Waals surface area contributed by atoms with Gasteiger partial charge in [-0.1, -0.05) is 43.3 Å². The van der Waals surface area contributed by atoms with Gasteiger partial charge in [-0.15, -0.1) is 5.10 Å². The van der Waals surface area contributed by atoms with E-state index in [0.29, 0.717) is 30.6 Å². The molecule has 4 rings (SSSR count). The molecule has 1 amide bonds. The Morgan fingerprint density at radius 3 is 2.57 bits per heavy atom. The Morgan fingerprint density at radius 2 is 1.83 bits per heavy atom. The van der Waals surface area contributed by atoms with Crippen LogP contribution in [0.25, 0.3) is 11.0 Å². The maximum Gasteiger partial charge on any atom is 0.251 e. The second-order valence-corrected chi connectivity index (χ2v) is 8.10. The zero-order valence-electron chi connectivity index (χ0n) is 17.6. The molecule has 2 aromatic carbocycles. The predicted molar refractivity (Wildman–Crippen MR) is 116 cm³/mol. The summed E-state index contributed by atoms with van der Waals surface area (Å²) in [4.78, 5) is 15.1. The summed E-state index contributed by atoms with van der Waals surface area (Å²) in [5.74, 6) is 0.426. The predicted octanol–water partition coefficient (Wildman–Crippen LogP) is 2.57. The summed E-state index contributed by atoms with van der Waals surface area (Å²) in [6, 6.07) is 15.9. The number of aromatic nitrogens is 3. The number of amides is 1. The quantitative estimate of drug-likeness (QED) is 0.652. The highest BCUT2D eigenvalue weighted by Gasteiger charge is 2.24. The molecule has 7 nitrogen and oxygen atoms in total. The van der Waals surface area contributed by atoms with Crippen LogP contribution in [0.1, 0.15) is 29.8 Å². The number of hydrogen-bond donors (Lipinski definition) is 1. The third-order valence-electron chi connectivity index (χ3n) is 5.72. The molecule has 0 saturated carbocycles. The molecule has 3 aromatic rings. The first-order valence-electron chi connectivity index (χ1n) is 10.6. The number of carbonyl (C=O) groups excluding carboxylic acids is 1. The number of carbonyl (C=O) groups is 1. The minimum atomic E-state index is -0.0355. The molecule has 0 radical (unpaired) electrons. The number of nitrogens with zero attached hydrogens (tertiary/aromatic N) is 4. The van der Waals surface area contributed by atoms with E-state index in [9.17, 15) is 4.79 Å². The van der Waals surface area contributed by atoms with E-state index in [1.54, 1.807) is 0 Å². The number of hydrogen-bond acceptors (Lipinski definition) is 5. The molecule has 1 atom stereocenters. The first-order chi connectivity index (χ1) is 14.6. The molecule has 1 aliphatic rings. The van der Waals surface area contributed by atoms with Gasteiger partial charge in [0.05, 0.1) is 25.3 Å². The summed E-state index contributed by atoms with van der Waals surface area (Å²) in [6.45, 7) is 9.04. The zero-order valence-corrected chi connectivity index (χ0v) is 17.6. The van der Waals surface area contributed by atoms with Crippen molar-refractivity contribution in [2.45, 2.75) is 26.4 Å². The third-order valence-corrected chi connectivity index (χ3v) is 5.72. The second kappa shape index (κ2) is 9.36. The number of benzene rings is 2. The van der Waals surface area contributed by atoms with Crippen molar-refractivity contribution in [3.8, 4) is 0 Å². The molecule has 0 bridgehead atoms. The zero-order chi connectivity index (χ0) is 20.9. The lowest BCUT2D eigenvalue weighted by Gasteiger charge is -2.36. The molecule has 158 valence electrons. The Balaban J connectivity index is 1.36. The molecule has 1 N–H and O–H groups in total. The van der Waals surface area contributed by atoms with Crippen molar-refractivity contribution in [3.63, 3.8) is 0 Å². The van der Waals surface area contributed by atoms with Crippen molar-refractivity contribution in [2.24, 2.45) is 5.92 Å². The van der Waals surface area contributed by atoms with E-state index < -0.39 is 0 Å². The maximum atomic E-state index is 12.7. The van der Waals surface area contributed by atoms with Crippen molar-refractivity contribution in [2.75, 3.05) is 32.8 Å². The van der Waals surface area contributed by atoms with Gasteiger partial charge in [-0.25, -0.2) is 4.68 Å². The smallest absolute Gasteiger partial charge is 0.251 e. The van der Waals surface area contributed by atoms with E-state index in [-0.39, 0.29) is 5.91 Å². The van der Waals surface area contributed by atoms with Crippen LogP contribution in [0.4, 0.5) is 0 Å². The summed E-state index contributed by atoms with van der Waals surface area (Å²) in [5, 5.41) is 11.5. The van der Waals surface area contributed by atoms with Crippen molar-refractivity contribution >= 4 is 16.9 Å². The summed E-state index contributed by atoms with van der Waals surface area (Å²) in [7, 11) is 0. The Morgan fingerprint density at radius 1 is 1.10 bits per heavy atom. The van der Waals surface area contributed by atoms with E-state index in [1.807, 2.05) is 53.2 Å². The van der Waals surface area contributed by atoms with E-state index >= 15 is 0 Å². The fraction of sp³-hybridized carbons (Fsp3) is 0.435. The van der Waals surface area contributed by atoms with E-state index in [2.05, 4.69) is 34.4 Å². The van der Waals surface area contributed by atoms with Crippen molar-refractivity contribution in [1.29, 1.82) is 0 Å². The van der Waals surface area contributed by atoms with Gasteiger partial charge in [0.2, 0.25) is 0 Å². The van der Waals surface area contributed by atoms with Crippen LogP contribution in [0.15, 0.2) is 48.5 Å². The van der Waals surface area contributed by atoms with Crippen LogP contribution >= 0.6 is 0 Å². The monoisotopic (exact) mass is 407 g/mol. The highest BCUT2D eigenvalue weighted by molar-refractivity contribution is 5.94. The normalized spacial score (nSPS) is 16.1. The van der Waals surface area contributed by atoms with Crippen molar-refractivity contribution in [3.05, 3.63) is 59.7 Å². The van der Waals surface area contributed by atoms with Crippen LogP contribution in [-0.2, 0) is 11.3 Å². The number of fused-ring (bicyclic) bond motifs is 1. The third kappa shape index (κ3) is 4.68. The van der Waals surface area contributed by atoms with Gasteiger partial charge in [0.1, 0.15) is 5.52 Å². The molecule has 1 fully saturated rings. The fourth-order valence-electron chi connectivity index (χ4n) is 3.96. The van der Waals surface area contributed by atoms with Gasteiger partial charge in [0.25, 0.3) is 5.91 Å². The summed E-state index contributed by atoms with van der Waals surface area (Å²) in [5.41, 5.74) is 3.64. The van der Waals surface area contributed by atoms with Gasteiger partial charge in [-0.05, 0) is 35.7 Å². The van der Waals surface area contributed by atoms with E-state index in [1.165, 1.54) is 0 Å². The van der Waals surface area contributed by atoms with Gasteiger partial charge < -0.3 is 10.1 Å². The fourth-order valence-corrected chi connectivity index (χ4v) is 3.96. The van der Waals surface area contributed by atoms with Crippen LogP contribution in [0.2, 0.25) is 0 Å². The lowest BCUT2D eigenvalue weighted by atomic mass is 10.0. The first-order valence-corrected chi connectivity index (χ1v) is 10.6. The molecule has 30 heavy (non-hydrogen) atoms. The standard InChI is InChI=1S/C23H29N5O2/c1-17(2)22(27-11-13-30-14-12-27)15-24-23(29)19-9-7-18(8-10-19)16-28-21-6-4-3-5-20(21)25-26-28/h3-10,17,22H,11-16H2,1-2H3,(H,24,29)/t22-/m1/s1. The lowest BCUT2D eigenvalue weighted by molar-refractivity contribution is 0.00673. The van der Waals surface area contributed by atoms with Gasteiger partial charge in [0.15, 0.2) is 0 Å². The number of nitrogens with one attached hydrogen (secondary N) is 1. The SMILES string of the molecule is CC(C)[C@@H](CNC(=O)c1ccc(Cn2nnc3ccccc32)cc1)N1CCOCC1. The minimum absolute atomic E-state index is 0.0355. The van der Waals surface area contributed by atoms with Gasteiger partial charge in [-0.2, -0.15) is 0 Å². The molecule has 7 heteroatoms. The number of para-hydroxylation sites is 1. The summed E-state index contributed by atoms with van der Waals surface area (Å²) >= 11 is 0. The minimum Gasteiger partial charge on any atom is -0.379 e. The molecule has 1 aliphatic heterocycles. The van der Waals surface area contributed by atoms with E-state index in [4.69, 9.17) is 4.74 Å². The van der Waals surface area contributed by atoms with Gasteiger partial charge in [-0.3, -0.25) is 9.69 Å². The molecule has 2 heterocycles. The Labute approximate surface area is 177 Å². The number of morpholine rings is 1. The number of ether oxygens (including phenoxy) is 1. The molecular weight excluding hydrogens is 378 g/mol. The van der Waals surface area contributed by atoms with Crippen LogP contribution < -0.4 is 5.32 Å². The molecule has 1 aromatic heterocycles. The van der Waals surface area contributed by atoms with Crippen LogP contribution in [0, 0.1) is 5.92 Å². The summed E-state index contributed by atoms with van der Waals surface area (Å²) in [6.07, 6.45) is 0. The average Bonchev–Trinajstić information content (AvgIpc) is 3.18. The molecule has 0 unspecified atom stereocenters. The first kappa shape index (κ1) is 20.5. The lowest BCUT2D eigenvalue weighted by Crippen LogP contribution is -2.51. The Bertz CT molecular complexity index is 977. The topological polar surface area (TPSA) is 72.3 Å². The second-order valence-electron chi connectivity index (χ2n) is 8.10. The molecular formula is C23H29N5O2. The molecule has 0 spiro atoms. The van der Waals surface area contributed by atoms with Crippen LogP contribution in [0.3, 0.4) is 0 Å².